The van der Waals surface area contributed by atoms with Gasteiger partial charge in [0, 0.05) is 21.8 Å². The van der Waals surface area contributed by atoms with Crippen LogP contribution in [-0.4, -0.2) is 10.1 Å². The second-order valence-corrected chi connectivity index (χ2v) is 5.59. The zero-order chi connectivity index (χ0) is 11.8. The van der Waals surface area contributed by atoms with Crippen molar-refractivity contribution in [3.8, 4) is 5.75 Å². The molecule has 0 radical (unpaired) electrons. The SMILES string of the molecule is O[C@H]1CC(c2cscn2)Oc2ccc(Br)cc21. The third-order valence-corrected chi connectivity index (χ3v) is 3.92. The average Bonchev–Trinajstić information content (AvgIpc) is 2.83. The Balaban J connectivity index is 1.96. The largest absolute Gasteiger partial charge is 0.484 e. The fourth-order valence-electron chi connectivity index (χ4n) is 1.98. The predicted octanol–water partition coefficient (Wildman–Crippen LogP) is 3.46. The van der Waals surface area contributed by atoms with Crippen LogP contribution in [0.1, 0.15) is 29.9 Å². The third-order valence-electron chi connectivity index (χ3n) is 2.82. The van der Waals surface area contributed by atoms with E-state index in [0.29, 0.717) is 6.42 Å². The highest BCUT2D eigenvalue weighted by Crippen LogP contribution is 2.41. The van der Waals surface area contributed by atoms with E-state index in [1.54, 1.807) is 5.51 Å². The average molecular weight is 312 g/mol. The number of hydrogen-bond donors (Lipinski definition) is 1. The molecule has 0 amide bonds. The van der Waals surface area contributed by atoms with Crippen LogP contribution in [0.25, 0.3) is 0 Å². The smallest absolute Gasteiger partial charge is 0.144 e. The van der Waals surface area contributed by atoms with Crippen LogP contribution in [0.2, 0.25) is 0 Å². The number of benzene rings is 1. The first kappa shape index (κ1) is 11.2. The monoisotopic (exact) mass is 311 g/mol. The van der Waals surface area contributed by atoms with Crippen molar-refractivity contribution >= 4 is 27.3 Å². The van der Waals surface area contributed by atoms with E-state index in [0.717, 1.165) is 21.5 Å². The van der Waals surface area contributed by atoms with Crippen LogP contribution < -0.4 is 4.74 Å². The van der Waals surface area contributed by atoms with Gasteiger partial charge < -0.3 is 9.84 Å². The Hall–Kier alpha value is -0.910. The van der Waals surface area contributed by atoms with Gasteiger partial charge in [-0.15, -0.1) is 11.3 Å². The van der Waals surface area contributed by atoms with Crippen molar-refractivity contribution in [2.45, 2.75) is 18.6 Å². The lowest BCUT2D eigenvalue weighted by Crippen LogP contribution is -2.19. The van der Waals surface area contributed by atoms with Gasteiger partial charge in [0.1, 0.15) is 11.9 Å². The van der Waals surface area contributed by atoms with Gasteiger partial charge in [0.05, 0.1) is 17.3 Å². The number of thiazole rings is 1. The zero-order valence-electron chi connectivity index (χ0n) is 8.84. The molecule has 0 spiro atoms. The summed E-state index contributed by atoms with van der Waals surface area (Å²) in [5.41, 5.74) is 3.51. The van der Waals surface area contributed by atoms with E-state index in [1.807, 2.05) is 23.6 Å². The molecule has 1 N–H and O–H groups in total. The lowest BCUT2D eigenvalue weighted by Gasteiger charge is -2.28. The fourth-order valence-corrected chi connectivity index (χ4v) is 2.95. The Bertz CT molecular complexity index is 529. The number of rotatable bonds is 1. The quantitative estimate of drug-likeness (QED) is 0.877. The van der Waals surface area contributed by atoms with Gasteiger partial charge in [0.25, 0.3) is 0 Å². The first-order valence-corrected chi connectivity index (χ1v) is 7.00. The number of nitrogens with zero attached hydrogens (tertiary/aromatic N) is 1. The highest BCUT2D eigenvalue weighted by molar-refractivity contribution is 9.10. The molecule has 2 atom stereocenters. The first-order chi connectivity index (χ1) is 8.24. The summed E-state index contributed by atoms with van der Waals surface area (Å²) in [5, 5.41) is 12.1. The van der Waals surface area contributed by atoms with Gasteiger partial charge in [-0.1, -0.05) is 15.9 Å². The highest BCUT2D eigenvalue weighted by atomic mass is 79.9. The highest BCUT2D eigenvalue weighted by Gasteiger charge is 2.29. The zero-order valence-corrected chi connectivity index (χ0v) is 11.2. The number of fused-ring (bicyclic) bond motifs is 1. The standard InChI is InChI=1S/C12H10BrNO2S/c13-7-1-2-11-8(3-7)10(15)4-12(16-11)9-5-17-6-14-9/h1-3,5-6,10,12,15H,4H2/t10-,12?/m0/s1. The number of halogens is 1. The minimum absolute atomic E-state index is 0.148. The second kappa shape index (κ2) is 4.40. The van der Waals surface area contributed by atoms with E-state index in [9.17, 15) is 5.11 Å². The van der Waals surface area contributed by atoms with Crippen molar-refractivity contribution in [3.63, 3.8) is 0 Å². The lowest BCUT2D eigenvalue weighted by molar-refractivity contribution is 0.0639. The van der Waals surface area contributed by atoms with Crippen molar-refractivity contribution in [1.82, 2.24) is 4.98 Å². The van der Waals surface area contributed by atoms with E-state index in [1.165, 1.54) is 11.3 Å². The molecule has 2 heterocycles. The maximum atomic E-state index is 10.1. The molecule has 1 aliphatic heterocycles. The molecule has 88 valence electrons. The molecule has 1 unspecified atom stereocenters. The Kier molecular flexibility index (Phi) is 2.90. The molecule has 2 aromatic rings. The molecule has 0 saturated heterocycles. The summed E-state index contributed by atoms with van der Waals surface area (Å²) in [6.45, 7) is 0. The maximum Gasteiger partial charge on any atom is 0.144 e. The van der Waals surface area contributed by atoms with Crippen molar-refractivity contribution in [2.24, 2.45) is 0 Å². The fraction of sp³-hybridized carbons (Fsp3) is 0.250. The number of aromatic nitrogens is 1. The molecule has 1 aliphatic rings. The molecule has 3 nitrogen and oxygen atoms in total. The van der Waals surface area contributed by atoms with Gasteiger partial charge in [-0.2, -0.15) is 0 Å². The van der Waals surface area contributed by atoms with E-state index < -0.39 is 6.10 Å². The van der Waals surface area contributed by atoms with Crippen LogP contribution in [0.3, 0.4) is 0 Å². The van der Waals surface area contributed by atoms with Crippen LogP contribution in [0.15, 0.2) is 33.6 Å². The number of hydrogen-bond acceptors (Lipinski definition) is 4. The number of aliphatic hydroxyl groups excluding tert-OH is 1. The summed E-state index contributed by atoms with van der Waals surface area (Å²) in [6.07, 6.45) is -0.0967. The van der Waals surface area contributed by atoms with Crippen molar-refractivity contribution < 1.29 is 9.84 Å². The van der Waals surface area contributed by atoms with Gasteiger partial charge in [-0.3, -0.25) is 0 Å². The number of ether oxygens (including phenoxy) is 1. The molecular formula is C12H10BrNO2S. The van der Waals surface area contributed by atoms with E-state index in [2.05, 4.69) is 20.9 Å². The van der Waals surface area contributed by atoms with E-state index in [4.69, 9.17) is 4.74 Å². The minimum Gasteiger partial charge on any atom is -0.484 e. The van der Waals surface area contributed by atoms with Crippen LogP contribution in [0, 0.1) is 0 Å². The second-order valence-electron chi connectivity index (χ2n) is 3.95. The molecule has 3 rings (SSSR count). The van der Waals surface area contributed by atoms with Crippen molar-refractivity contribution in [2.75, 3.05) is 0 Å². The molecule has 17 heavy (non-hydrogen) atoms. The van der Waals surface area contributed by atoms with Gasteiger partial charge in [0.2, 0.25) is 0 Å². The van der Waals surface area contributed by atoms with Crippen molar-refractivity contribution in [1.29, 1.82) is 0 Å². The summed E-state index contributed by atoms with van der Waals surface area (Å²) in [4.78, 5) is 4.24. The van der Waals surface area contributed by atoms with Crippen LogP contribution in [0.5, 0.6) is 5.75 Å². The van der Waals surface area contributed by atoms with Crippen LogP contribution >= 0.6 is 27.3 Å². The molecule has 5 heteroatoms. The Morgan fingerprint density at radius 1 is 1.47 bits per heavy atom. The summed E-state index contributed by atoms with van der Waals surface area (Å²) in [6, 6.07) is 5.69. The van der Waals surface area contributed by atoms with Crippen molar-refractivity contribution in [3.05, 3.63) is 44.8 Å². The molecule has 0 fully saturated rings. The van der Waals surface area contributed by atoms with Crippen LogP contribution in [0.4, 0.5) is 0 Å². The van der Waals surface area contributed by atoms with Gasteiger partial charge >= 0.3 is 0 Å². The van der Waals surface area contributed by atoms with E-state index in [-0.39, 0.29) is 6.10 Å². The molecular weight excluding hydrogens is 302 g/mol. The summed E-state index contributed by atoms with van der Waals surface area (Å²) in [7, 11) is 0. The predicted molar refractivity (Wildman–Crippen MR) is 69.2 cm³/mol. The summed E-state index contributed by atoms with van der Waals surface area (Å²) < 4.78 is 6.82. The molecule has 0 bridgehead atoms. The Labute approximate surface area is 111 Å². The normalized spacial score (nSPS) is 22.9. The number of aliphatic hydroxyl groups is 1. The molecule has 1 aromatic heterocycles. The first-order valence-electron chi connectivity index (χ1n) is 5.26. The van der Waals surface area contributed by atoms with E-state index >= 15 is 0 Å². The van der Waals surface area contributed by atoms with Gasteiger partial charge in [-0.05, 0) is 18.2 Å². The molecule has 0 saturated carbocycles. The summed E-state index contributed by atoms with van der Waals surface area (Å²) in [5.74, 6) is 0.741. The summed E-state index contributed by atoms with van der Waals surface area (Å²) >= 11 is 4.93. The molecule has 1 aromatic carbocycles. The van der Waals surface area contributed by atoms with Gasteiger partial charge in [-0.25, -0.2) is 4.98 Å². The maximum absolute atomic E-state index is 10.1. The lowest BCUT2D eigenvalue weighted by atomic mass is 9.98. The minimum atomic E-state index is -0.497. The Morgan fingerprint density at radius 2 is 2.35 bits per heavy atom. The Morgan fingerprint density at radius 3 is 3.12 bits per heavy atom. The molecule has 0 aliphatic carbocycles. The van der Waals surface area contributed by atoms with Crippen LogP contribution in [-0.2, 0) is 0 Å². The van der Waals surface area contributed by atoms with Gasteiger partial charge in [0.15, 0.2) is 0 Å². The topological polar surface area (TPSA) is 42.4 Å². The third kappa shape index (κ3) is 2.10.